The molecule has 372 valence electrons. The third kappa shape index (κ3) is 32.4. The number of allylic oxidation sites excluding steroid dienone is 14. The molecule has 0 bridgehead atoms. The number of carbonyl (C=O) groups is 2. The Kier molecular flexibility index (Phi) is 37.1. The van der Waals surface area contributed by atoms with Crippen molar-refractivity contribution in [2.75, 3.05) is 13.2 Å². The highest BCUT2D eigenvalue weighted by atomic mass is 31.2. The summed E-state index contributed by atoms with van der Waals surface area (Å²) < 4.78 is 33.4. The number of unbranched alkanes of at least 4 members (excludes halogenated alkanes) is 17. The summed E-state index contributed by atoms with van der Waals surface area (Å²) in [6.07, 6.45) is 39.5. The van der Waals surface area contributed by atoms with Gasteiger partial charge < -0.3 is 39.9 Å². The van der Waals surface area contributed by atoms with Crippen molar-refractivity contribution < 1.29 is 63.1 Å². The topological polar surface area (TPSA) is 210 Å². The zero-order valence-corrected chi connectivity index (χ0v) is 40.4. The molecule has 0 amide bonds. The molecule has 0 saturated heterocycles. The van der Waals surface area contributed by atoms with Crippen molar-refractivity contribution >= 4 is 19.8 Å². The third-order valence-corrected chi connectivity index (χ3v) is 11.8. The van der Waals surface area contributed by atoms with Crippen LogP contribution in [0.1, 0.15) is 168 Å². The molecule has 1 aliphatic carbocycles. The molecule has 6 N–H and O–H groups in total. The number of carbonyl (C=O) groups excluding carboxylic acids is 2. The Labute approximate surface area is 390 Å². The molecule has 14 heteroatoms. The van der Waals surface area contributed by atoms with Crippen molar-refractivity contribution in [2.24, 2.45) is 0 Å². The van der Waals surface area contributed by atoms with Crippen molar-refractivity contribution in [1.82, 2.24) is 0 Å². The van der Waals surface area contributed by atoms with Crippen molar-refractivity contribution in [1.29, 1.82) is 0 Å². The predicted molar refractivity (Wildman–Crippen MR) is 258 cm³/mol. The highest BCUT2D eigenvalue weighted by molar-refractivity contribution is 7.47. The molecule has 0 spiro atoms. The number of rotatable bonds is 39. The minimum atomic E-state index is -5.15. The molecule has 13 nitrogen and oxygen atoms in total. The average molecular weight is 937 g/mol. The molecule has 65 heavy (non-hydrogen) atoms. The van der Waals surface area contributed by atoms with Gasteiger partial charge in [0.25, 0.3) is 0 Å². The van der Waals surface area contributed by atoms with Gasteiger partial charge in [0.05, 0.1) is 6.61 Å². The second-order valence-electron chi connectivity index (χ2n) is 16.7. The summed E-state index contributed by atoms with van der Waals surface area (Å²) in [6.45, 7) is 3.08. The van der Waals surface area contributed by atoms with Crippen LogP contribution < -0.4 is 0 Å². The van der Waals surface area contributed by atoms with Crippen molar-refractivity contribution in [3.8, 4) is 0 Å². The number of phosphoric acid groups is 1. The fraction of sp³-hybridized carbons (Fsp3) is 0.686. The van der Waals surface area contributed by atoms with Crippen molar-refractivity contribution in [2.45, 2.75) is 211 Å². The van der Waals surface area contributed by atoms with E-state index in [4.69, 9.17) is 18.5 Å². The number of aliphatic hydroxyl groups excluding tert-OH is 5. The Morgan fingerprint density at radius 2 is 0.954 bits per heavy atom. The van der Waals surface area contributed by atoms with Gasteiger partial charge in [-0.2, -0.15) is 0 Å². The Bertz CT molecular complexity index is 1460. The lowest BCUT2D eigenvalue weighted by Crippen LogP contribution is -2.64. The number of aliphatic hydroxyl groups is 5. The van der Waals surface area contributed by atoms with E-state index in [9.17, 15) is 44.6 Å². The molecule has 7 unspecified atom stereocenters. The van der Waals surface area contributed by atoms with Crippen LogP contribution in [0.3, 0.4) is 0 Å². The molecule has 1 saturated carbocycles. The standard InChI is InChI=1S/C51H85O13P/c1-3-5-7-9-11-13-15-17-18-19-20-21-22-23-24-25-26-28-29-31-33-35-37-39-44(52)61-41-43(42-62-65(59,60)64-51-49(57)47(55)46(54)48(56)50(51)58)63-45(53)40-38-36-34-32-30-27-16-14-12-10-8-6-4-2/h6,8,10,12,14,16,20-21,23-24,27,30,32,34,43,46-51,54-58H,3-5,7,9,11,13,15,17-19,22,25-26,28-29,31,33,35-42H2,1-2H3,(H,59,60)/b8-6+,12-10+,16-14+,21-20+,24-23+,30-27+,34-32+/t43?,46?,47-,48?,49?,50?,51?/m0/s1. The largest absolute Gasteiger partial charge is 0.472 e. The van der Waals surface area contributed by atoms with Crippen molar-refractivity contribution in [3.05, 3.63) is 85.1 Å². The van der Waals surface area contributed by atoms with Crippen LogP contribution in [0.4, 0.5) is 0 Å². The van der Waals surface area contributed by atoms with Gasteiger partial charge in [0.15, 0.2) is 6.10 Å². The fourth-order valence-corrected chi connectivity index (χ4v) is 7.91. The summed E-state index contributed by atoms with van der Waals surface area (Å²) >= 11 is 0. The Morgan fingerprint density at radius 3 is 1.49 bits per heavy atom. The highest BCUT2D eigenvalue weighted by Gasteiger charge is 2.51. The molecule has 0 heterocycles. The van der Waals surface area contributed by atoms with Gasteiger partial charge in [-0.1, -0.05) is 182 Å². The molecule has 1 aliphatic rings. The summed E-state index contributed by atoms with van der Waals surface area (Å²) in [5.41, 5.74) is 0. The first kappa shape index (κ1) is 60.0. The van der Waals surface area contributed by atoms with E-state index < -0.39 is 75.7 Å². The van der Waals surface area contributed by atoms with E-state index in [0.29, 0.717) is 19.3 Å². The summed E-state index contributed by atoms with van der Waals surface area (Å²) in [5.74, 6) is -1.20. The normalized spacial score (nSPS) is 22.2. The van der Waals surface area contributed by atoms with E-state index in [0.717, 1.165) is 57.8 Å². The minimum Gasteiger partial charge on any atom is -0.462 e. The van der Waals surface area contributed by atoms with Crippen molar-refractivity contribution in [3.63, 3.8) is 0 Å². The van der Waals surface area contributed by atoms with Gasteiger partial charge in [0.1, 0.15) is 43.2 Å². The summed E-state index contributed by atoms with van der Waals surface area (Å²) in [5, 5.41) is 50.2. The highest BCUT2D eigenvalue weighted by Crippen LogP contribution is 2.47. The lowest BCUT2D eigenvalue weighted by Gasteiger charge is -2.41. The first-order valence-corrected chi connectivity index (χ1v) is 26.0. The molecular formula is C51H85O13P. The predicted octanol–water partition coefficient (Wildman–Crippen LogP) is 10.1. The van der Waals surface area contributed by atoms with Crippen LogP contribution >= 0.6 is 7.82 Å². The number of esters is 2. The van der Waals surface area contributed by atoms with E-state index >= 15 is 0 Å². The van der Waals surface area contributed by atoms with Gasteiger partial charge in [-0.3, -0.25) is 18.6 Å². The monoisotopic (exact) mass is 937 g/mol. The van der Waals surface area contributed by atoms with E-state index in [1.165, 1.54) is 64.2 Å². The van der Waals surface area contributed by atoms with Gasteiger partial charge in [0, 0.05) is 12.8 Å². The van der Waals surface area contributed by atoms with E-state index in [-0.39, 0.29) is 12.8 Å². The second-order valence-corrected chi connectivity index (χ2v) is 18.1. The zero-order valence-electron chi connectivity index (χ0n) is 39.5. The van der Waals surface area contributed by atoms with Gasteiger partial charge in [-0.25, -0.2) is 4.57 Å². The zero-order chi connectivity index (χ0) is 47.8. The van der Waals surface area contributed by atoms with Crippen LogP contribution in [0.15, 0.2) is 85.1 Å². The number of phosphoric ester groups is 1. The molecule has 0 aliphatic heterocycles. The number of ether oxygens (including phenoxy) is 2. The van der Waals surface area contributed by atoms with Crippen LogP contribution in [0, 0.1) is 0 Å². The Morgan fingerprint density at radius 1 is 0.508 bits per heavy atom. The van der Waals surface area contributed by atoms with Crippen LogP contribution in [0.5, 0.6) is 0 Å². The van der Waals surface area contributed by atoms with Gasteiger partial charge in [-0.15, -0.1) is 0 Å². The maximum atomic E-state index is 12.8. The van der Waals surface area contributed by atoms with Gasteiger partial charge in [-0.05, 0) is 57.8 Å². The van der Waals surface area contributed by atoms with E-state index in [1.807, 2.05) is 54.7 Å². The lowest BCUT2D eigenvalue weighted by atomic mass is 9.85. The van der Waals surface area contributed by atoms with E-state index in [1.54, 1.807) is 0 Å². The first-order valence-electron chi connectivity index (χ1n) is 24.5. The molecule has 1 rings (SSSR count). The summed E-state index contributed by atoms with van der Waals surface area (Å²) in [7, 11) is -5.15. The Hall–Kier alpha value is -2.97. The number of hydrogen-bond acceptors (Lipinski definition) is 12. The van der Waals surface area contributed by atoms with E-state index in [2.05, 4.69) is 44.2 Å². The molecule has 0 aromatic carbocycles. The average Bonchev–Trinajstić information content (AvgIpc) is 3.29. The lowest BCUT2D eigenvalue weighted by molar-refractivity contribution is -0.220. The third-order valence-electron chi connectivity index (χ3n) is 10.8. The van der Waals surface area contributed by atoms with Crippen LogP contribution in [0.2, 0.25) is 0 Å². The SMILES string of the molecule is CC/C=C/C=C/C=C/C=C/C=C/CCCC(=O)OC(COC(=O)CCCCCCCCC/C=C/C/C=C/CCCCCCCCCCC)COP(=O)(O)OC1C(O)C(O)C(O)[C@H](O)C1O. The fourth-order valence-electron chi connectivity index (χ4n) is 6.94. The maximum Gasteiger partial charge on any atom is 0.472 e. The first-order chi connectivity index (χ1) is 31.4. The molecule has 0 radical (unpaired) electrons. The molecule has 8 atom stereocenters. The van der Waals surface area contributed by atoms with Crippen LogP contribution in [-0.2, 0) is 32.7 Å². The van der Waals surface area contributed by atoms with Gasteiger partial charge >= 0.3 is 19.8 Å². The minimum absolute atomic E-state index is 0.00582. The second kappa shape index (κ2) is 40.1. The molecule has 0 aromatic rings. The quantitative estimate of drug-likeness (QED) is 0.0112. The van der Waals surface area contributed by atoms with Gasteiger partial charge in [0.2, 0.25) is 0 Å². The maximum absolute atomic E-state index is 12.8. The molecular weight excluding hydrogens is 852 g/mol. The smallest absolute Gasteiger partial charge is 0.462 e. The molecule has 1 fully saturated rings. The molecule has 0 aromatic heterocycles. The summed E-state index contributed by atoms with van der Waals surface area (Å²) in [4.78, 5) is 35.7. The summed E-state index contributed by atoms with van der Waals surface area (Å²) in [6, 6.07) is 0. The van der Waals surface area contributed by atoms with Crippen LogP contribution in [-0.4, -0.2) is 98.3 Å². The van der Waals surface area contributed by atoms with Crippen LogP contribution in [0.25, 0.3) is 0 Å². The Balaban J connectivity index is 2.42. The number of hydrogen-bond donors (Lipinski definition) is 6.